The van der Waals surface area contributed by atoms with Gasteiger partial charge in [-0.3, -0.25) is 0 Å². The van der Waals surface area contributed by atoms with Gasteiger partial charge >= 0.3 is 0 Å². The van der Waals surface area contributed by atoms with Crippen molar-refractivity contribution in [1.82, 2.24) is 0 Å². The van der Waals surface area contributed by atoms with Crippen molar-refractivity contribution in [2.75, 3.05) is 24.9 Å². The van der Waals surface area contributed by atoms with E-state index in [0.29, 0.717) is 22.8 Å². The number of thioether (sulfide) groups is 1. The highest BCUT2D eigenvalue weighted by molar-refractivity contribution is 7.99. The molecule has 1 aromatic carbocycles. The molecule has 6 heteroatoms. The number of nitriles is 1. The van der Waals surface area contributed by atoms with Gasteiger partial charge in [-0.2, -0.15) is 17.0 Å². The van der Waals surface area contributed by atoms with Gasteiger partial charge in [0.05, 0.1) is 18.4 Å². The van der Waals surface area contributed by atoms with Crippen LogP contribution in [0.25, 0.3) is 0 Å². The van der Waals surface area contributed by atoms with Crippen LogP contribution in [0.2, 0.25) is 0 Å². The quantitative estimate of drug-likeness (QED) is 0.746. The molecule has 98 valence electrons. The molecule has 0 radical (unpaired) electrons. The minimum absolute atomic E-state index is 0.179. The Hall–Kier alpha value is -1.19. The Morgan fingerprint density at radius 2 is 2.17 bits per heavy atom. The van der Waals surface area contributed by atoms with Crippen molar-refractivity contribution in [3.8, 4) is 11.8 Å². The van der Waals surface area contributed by atoms with E-state index in [-0.39, 0.29) is 5.75 Å². The Labute approximate surface area is 112 Å². The number of benzene rings is 1. The topological polar surface area (TPSA) is 67.2 Å². The van der Waals surface area contributed by atoms with Crippen LogP contribution in [0.15, 0.2) is 18.2 Å². The molecule has 0 saturated heterocycles. The highest BCUT2D eigenvalue weighted by Gasteiger charge is 2.05. The maximum atomic E-state index is 11.0. The van der Waals surface area contributed by atoms with Gasteiger partial charge in [0.25, 0.3) is 0 Å². The van der Waals surface area contributed by atoms with Crippen LogP contribution in [-0.4, -0.2) is 33.3 Å². The molecule has 0 unspecified atom stereocenters. The minimum Gasteiger partial charge on any atom is -0.495 e. The average Bonchev–Trinajstić information content (AvgIpc) is 2.33. The van der Waals surface area contributed by atoms with Gasteiger partial charge in [0.1, 0.15) is 21.7 Å². The normalized spacial score (nSPS) is 10.9. The van der Waals surface area contributed by atoms with Crippen LogP contribution in [0.4, 0.5) is 0 Å². The van der Waals surface area contributed by atoms with Gasteiger partial charge in [0.2, 0.25) is 0 Å². The van der Waals surface area contributed by atoms with Crippen LogP contribution in [0.3, 0.4) is 0 Å². The molecule has 18 heavy (non-hydrogen) atoms. The molecule has 0 spiro atoms. The summed E-state index contributed by atoms with van der Waals surface area (Å²) in [6.45, 7) is 0. The zero-order valence-corrected chi connectivity index (χ0v) is 12.0. The zero-order valence-electron chi connectivity index (χ0n) is 10.3. The second kappa shape index (κ2) is 6.66. The summed E-state index contributed by atoms with van der Waals surface area (Å²) in [5.74, 6) is 1.99. The molecule has 0 aromatic heterocycles. The van der Waals surface area contributed by atoms with Crippen LogP contribution in [0.5, 0.6) is 5.75 Å². The summed E-state index contributed by atoms with van der Waals surface area (Å²) in [6, 6.07) is 7.48. The molecule has 0 atom stereocenters. The zero-order chi connectivity index (χ0) is 13.6. The Bertz CT molecular complexity index is 547. The number of hydrogen-bond donors (Lipinski definition) is 0. The van der Waals surface area contributed by atoms with Gasteiger partial charge in [-0.15, -0.1) is 0 Å². The van der Waals surface area contributed by atoms with Gasteiger partial charge in [-0.25, -0.2) is 8.42 Å². The summed E-state index contributed by atoms with van der Waals surface area (Å²) in [5, 5.41) is 8.94. The molecule has 0 saturated carbocycles. The lowest BCUT2D eigenvalue weighted by atomic mass is 10.1. The van der Waals surface area contributed by atoms with E-state index < -0.39 is 9.84 Å². The predicted octanol–water partition coefficient (Wildman–Crippen LogP) is 1.84. The molecule has 4 nitrogen and oxygen atoms in total. The van der Waals surface area contributed by atoms with Gasteiger partial charge in [0, 0.05) is 17.8 Å². The highest BCUT2D eigenvalue weighted by Crippen LogP contribution is 2.21. The van der Waals surface area contributed by atoms with Crippen LogP contribution in [0.1, 0.15) is 11.1 Å². The van der Waals surface area contributed by atoms with Crippen LogP contribution < -0.4 is 4.74 Å². The Morgan fingerprint density at radius 1 is 1.44 bits per heavy atom. The van der Waals surface area contributed by atoms with Gasteiger partial charge in [-0.05, 0) is 17.7 Å². The summed E-state index contributed by atoms with van der Waals surface area (Å²) in [6.07, 6.45) is 1.23. The monoisotopic (exact) mass is 285 g/mol. The highest BCUT2D eigenvalue weighted by atomic mass is 32.2. The molecular formula is C12H15NO3S2. The third-order valence-corrected chi connectivity index (χ3v) is 4.49. The Balaban J connectivity index is 2.56. The Morgan fingerprint density at radius 3 is 2.72 bits per heavy atom. The number of sulfone groups is 1. The molecule has 1 rings (SSSR count). The lowest BCUT2D eigenvalue weighted by Crippen LogP contribution is -2.05. The van der Waals surface area contributed by atoms with Gasteiger partial charge in [-0.1, -0.05) is 6.07 Å². The average molecular weight is 285 g/mol. The van der Waals surface area contributed by atoms with Crippen molar-refractivity contribution in [2.24, 2.45) is 0 Å². The number of ether oxygens (including phenoxy) is 1. The number of methoxy groups -OCH3 is 1. The summed E-state index contributed by atoms with van der Waals surface area (Å²) in [4.78, 5) is 0. The second-order valence-corrected chi connectivity index (χ2v) is 7.19. The van der Waals surface area contributed by atoms with E-state index in [1.165, 1.54) is 25.1 Å². The van der Waals surface area contributed by atoms with E-state index in [9.17, 15) is 8.42 Å². The van der Waals surface area contributed by atoms with Crippen molar-refractivity contribution in [3.63, 3.8) is 0 Å². The fourth-order valence-corrected chi connectivity index (χ4v) is 3.57. The largest absolute Gasteiger partial charge is 0.495 e. The van der Waals surface area contributed by atoms with E-state index in [1.807, 2.05) is 6.07 Å². The fraction of sp³-hybridized carbons (Fsp3) is 0.417. The first-order chi connectivity index (χ1) is 8.46. The molecule has 1 aromatic rings. The molecule has 0 N–H and O–H groups in total. The summed E-state index contributed by atoms with van der Waals surface area (Å²) >= 11 is 1.54. The van der Waals surface area contributed by atoms with E-state index in [1.54, 1.807) is 12.1 Å². The van der Waals surface area contributed by atoms with E-state index in [0.717, 1.165) is 5.56 Å². The summed E-state index contributed by atoms with van der Waals surface area (Å²) < 4.78 is 27.0. The first-order valence-corrected chi connectivity index (χ1v) is 8.50. The first kappa shape index (κ1) is 14.9. The second-order valence-electron chi connectivity index (χ2n) is 3.83. The van der Waals surface area contributed by atoms with Crippen LogP contribution >= 0.6 is 11.8 Å². The molecule has 0 fully saturated rings. The van der Waals surface area contributed by atoms with Crippen molar-refractivity contribution in [3.05, 3.63) is 29.3 Å². The fourth-order valence-electron chi connectivity index (χ4n) is 1.33. The smallest absolute Gasteiger partial charge is 0.148 e. The summed E-state index contributed by atoms with van der Waals surface area (Å²) in [5.41, 5.74) is 1.49. The number of nitrogens with zero attached hydrogens (tertiary/aromatic N) is 1. The number of hydrogen-bond acceptors (Lipinski definition) is 5. The lowest BCUT2D eigenvalue weighted by molar-refractivity contribution is 0.413. The molecule has 0 aliphatic carbocycles. The molecule has 0 amide bonds. The molecule has 0 heterocycles. The van der Waals surface area contributed by atoms with Crippen LogP contribution in [0, 0.1) is 11.3 Å². The van der Waals surface area contributed by atoms with Crippen molar-refractivity contribution in [1.29, 1.82) is 5.26 Å². The summed E-state index contributed by atoms with van der Waals surface area (Å²) in [7, 11) is -1.37. The van der Waals surface area contributed by atoms with Crippen molar-refractivity contribution in [2.45, 2.75) is 5.75 Å². The predicted molar refractivity (Wildman–Crippen MR) is 73.6 cm³/mol. The van der Waals surface area contributed by atoms with Crippen LogP contribution in [-0.2, 0) is 15.6 Å². The third kappa shape index (κ3) is 4.98. The van der Waals surface area contributed by atoms with Crippen molar-refractivity contribution < 1.29 is 13.2 Å². The molecular weight excluding hydrogens is 270 g/mol. The van der Waals surface area contributed by atoms with Crippen molar-refractivity contribution >= 4 is 21.6 Å². The van der Waals surface area contributed by atoms with E-state index in [2.05, 4.69) is 6.07 Å². The Kier molecular flexibility index (Phi) is 5.51. The van der Waals surface area contributed by atoms with Gasteiger partial charge in [0.15, 0.2) is 0 Å². The van der Waals surface area contributed by atoms with Gasteiger partial charge < -0.3 is 4.74 Å². The minimum atomic E-state index is -2.90. The number of rotatable bonds is 6. The van der Waals surface area contributed by atoms with E-state index in [4.69, 9.17) is 10.00 Å². The maximum absolute atomic E-state index is 11.0. The molecule has 0 bridgehead atoms. The SMILES string of the molecule is COc1ccc(CSCCS(C)(=O)=O)cc1C#N. The first-order valence-electron chi connectivity index (χ1n) is 5.29. The third-order valence-electron chi connectivity index (χ3n) is 2.25. The lowest BCUT2D eigenvalue weighted by Gasteiger charge is -2.05. The standard InChI is InChI=1S/C12H15NO3S2/c1-16-12-4-3-10(7-11(12)8-13)9-17-5-6-18(2,14)15/h3-4,7H,5-6,9H2,1-2H3. The molecule has 0 aliphatic heterocycles. The van der Waals surface area contributed by atoms with E-state index >= 15 is 0 Å². The molecule has 0 aliphatic rings. The maximum Gasteiger partial charge on any atom is 0.148 e.